The van der Waals surface area contributed by atoms with Crippen LogP contribution in [0.3, 0.4) is 0 Å². The van der Waals surface area contributed by atoms with Gasteiger partial charge >= 0.3 is 0 Å². The number of carbonyl (C=O) groups is 2. The Kier molecular flexibility index (Phi) is 5.94. The van der Waals surface area contributed by atoms with Crippen molar-refractivity contribution in [2.45, 2.75) is 11.8 Å². The first-order valence-corrected chi connectivity index (χ1v) is 9.72. The van der Waals surface area contributed by atoms with Gasteiger partial charge < -0.3 is 10.6 Å². The van der Waals surface area contributed by atoms with E-state index in [2.05, 4.69) is 10.6 Å². The molecule has 3 rings (SSSR count). The number of hydrogen-bond acceptors (Lipinski definition) is 3. The van der Waals surface area contributed by atoms with E-state index in [4.69, 9.17) is 0 Å². The fourth-order valence-electron chi connectivity index (χ4n) is 2.56. The highest BCUT2D eigenvalue weighted by atomic mass is 32.2. The standard InChI is InChI=1S/C22H20N2O2S/c1-15-8-11-18(23-21(25)16-6-4-3-5-7-16)14-20(15)24-22(26)17-9-12-19(27-2)13-10-17/h3-14H,1-2H3,(H,23,25)(H,24,26). The van der Waals surface area contributed by atoms with Gasteiger partial charge in [0.2, 0.25) is 0 Å². The van der Waals surface area contributed by atoms with Gasteiger partial charge in [-0.3, -0.25) is 9.59 Å². The highest BCUT2D eigenvalue weighted by molar-refractivity contribution is 7.98. The third kappa shape index (κ3) is 4.77. The zero-order chi connectivity index (χ0) is 19.2. The van der Waals surface area contributed by atoms with E-state index in [0.717, 1.165) is 10.5 Å². The lowest BCUT2D eigenvalue weighted by Crippen LogP contribution is -2.14. The predicted octanol–water partition coefficient (Wildman–Crippen LogP) is 5.22. The number of thioether (sulfide) groups is 1. The van der Waals surface area contributed by atoms with E-state index in [-0.39, 0.29) is 11.8 Å². The van der Waals surface area contributed by atoms with Crippen molar-refractivity contribution in [1.82, 2.24) is 0 Å². The Morgan fingerprint density at radius 2 is 1.41 bits per heavy atom. The highest BCUT2D eigenvalue weighted by Gasteiger charge is 2.10. The lowest BCUT2D eigenvalue weighted by atomic mass is 10.1. The average Bonchev–Trinajstić information content (AvgIpc) is 2.71. The van der Waals surface area contributed by atoms with Crippen molar-refractivity contribution >= 4 is 35.0 Å². The summed E-state index contributed by atoms with van der Waals surface area (Å²) in [6, 6.07) is 21.9. The lowest BCUT2D eigenvalue weighted by Gasteiger charge is -2.12. The molecule has 3 aromatic carbocycles. The minimum absolute atomic E-state index is 0.183. The number of amides is 2. The minimum Gasteiger partial charge on any atom is -0.322 e. The molecule has 0 bridgehead atoms. The molecule has 136 valence electrons. The second kappa shape index (κ2) is 8.56. The van der Waals surface area contributed by atoms with Gasteiger partial charge in [0.1, 0.15) is 0 Å². The third-order valence-electron chi connectivity index (χ3n) is 4.13. The summed E-state index contributed by atoms with van der Waals surface area (Å²) in [5.74, 6) is -0.373. The molecule has 0 unspecified atom stereocenters. The Morgan fingerprint density at radius 3 is 2.07 bits per heavy atom. The summed E-state index contributed by atoms with van der Waals surface area (Å²) in [4.78, 5) is 25.9. The lowest BCUT2D eigenvalue weighted by molar-refractivity contribution is 0.101. The number of benzene rings is 3. The molecule has 0 saturated heterocycles. The largest absolute Gasteiger partial charge is 0.322 e. The molecule has 27 heavy (non-hydrogen) atoms. The zero-order valence-electron chi connectivity index (χ0n) is 15.2. The second-order valence-electron chi connectivity index (χ2n) is 6.03. The molecular weight excluding hydrogens is 356 g/mol. The molecule has 4 nitrogen and oxygen atoms in total. The number of nitrogens with one attached hydrogen (secondary N) is 2. The number of rotatable bonds is 5. The molecule has 5 heteroatoms. The molecule has 0 spiro atoms. The van der Waals surface area contributed by atoms with Crippen LogP contribution < -0.4 is 10.6 Å². The van der Waals surface area contributed by atoms with Gasteiger partial charge in [-0.15, -0.1) is 11.8 Å². The smallest absolute Gasteiger partial charge is 0.255 e. The molecule has 0 radical (unpaired) electrons. The number of anilines is 2. The van der Waals surface area contributed by atoms with E-state index in [9.17, 15) is 9.59 Å². The molecule has 3 aromatic rings. The van der Waals surface area contributed by atoms with Gasteiger partial charge in [0.15, 0.2) is 0 Å². The van der Waals surface area contributed by atoms with Gasteiger partial charge in [-0.2, -0.15) is 0 Å². The molecule has 0 saturated carbocycles. The fraction of sp³-hybridized carbons (Fsp3) is 0.0909. The maximum Gasteiger partial charge on any atom is 0.255 e. The van der Waals surface area contributed by atoms with Crippen LogP contribution >= 0.6 is 11.8 Å². The molecular formula is C22H20N2O2S. The predicted molar refractivity (Wildman–Crippen MR) is 112 cm³/mol. The van der Waals surface area contributed by atoms with Crippen LogP contribution in [-0.2, 0) is 0 Å². The van der Waals surface area contributed by atoms with E-state index in [1.165, 1.54) is 0 Å². The van der Waals surface area contributed by atoms with Crippen LogP contribution in [0.5, 0.6) is 0 Å². The molecule has 0 atom stereocenters. The molecule has 0 aliphatic rings. The van der Waals surface area contributed by atoms with Gasteiger partial charge in [-0.1, -0.05) is 24.3 Å². The van der Waals surface area contributed by atoms with E-state index in [0.29, 0.717) is 22.5 Å². The van der Waals surface area contributed by atoms with Gasteiger partial charge in [0, 0.05) is 27.4 Å². The first-order chi connectivity index (χ1) is 13.1. The van der Waals surface area contributed by atoms with Gasteiger partial charge in [-0.25, -0.2) is 0 Å². The van der Waals surface area contributed by atoms with Crippen LogP contribution in [0, 0.1) is 6.92 Å². The monoisotopic (exact) mass is 376 g/mol. The Bertz CT molecular complexity index is 954. The molecule has 2 amide bonds. The summed E-state index contributed by atoms with van der Waals surface area (Å²) in [6.07, 6.45) is 1.99. The van der Waals surface area contributed by atoms with Crippen molar-refractivity contribution in [3.05, 3.63) is 89.5 Å². The van der Waals surface area contributed by atoms with Crippen LogP contribution in [0.1, 0.15) is 26.3 Å². The van der Waals surface area contributed by atoms with Gasteiger partial charge in [0.05, 0.1) is 0 Å². The summed E-state index contributed by atoms with van der Waals surface area (Å²) < 4.78 is 0. The van der Waals surface area contributed by atoms with Crippen LogP contribution in [-0.4, -0.2) is 18.1 Å². The third-order valence-corrected chi connectivity index (χ3v) is 4.88. The minimum atomic E-state index is -0.190. The Balaban J connectivity index is 1.74. The topological polar surface area (TPSA) is 58.2 Å². The highest BCUT2D eigenvalue weighted by Crippen LogP contribution is 2.22. The van der Waals surface area contributed by atoms with Crippen molar-refractivity contribution in [2.24, 2.45) is 0 Å². The molecule has 0 fully saturated rings. The van der Waals surface area contributed by atoms with Crippen molar-refractivity contribution in [3.63, 3.8) is 0 Å². The maximum atomic E-state index is 12.5. The van der Waals surface area contributed by atoms with Crippen LogP contribution in [0.2, 0.25) is 0 Å². The van der Waals surface area contributed by atoms with E-state index < -0.39 is 0 Å². The van der Waals surface area contributed by atoms with E-state index in [1.807, 2.05) is 55.6 Å². The van der Waals surface area contributed by atoms with Crippen molar-refractivity contribution in [1.29, 1.82) is 0 Å². The van der Waals surface area contributed by atoms with Crippen molar-refractivity contribution in [2.75, 3.05) is 16.9 Å². The molecule has 2 N–H and O–H groups in total. The maximum absolute atomic E-state index is 12.5. The first kappa shape index (κ1) is 18.7. The SMILES string of the molecule is CSc1ccc(C(=O)Nc2cc(NC(=O)c3ccccc3)ccc2C)cc1. The van der Waals surface area contributed by atoms with Crippen molar-refractivity contribution < 1.29 is 9.59 Å². The zero-order valence-corrected chi connectivity index (χ0v) is 16.0. The summed E-state index contributed by atoms with van der Waals surface area (Å²) in [5.41, 5.74) is 3.38. The molecule has 0 aliphatic heterocycles. The summed E-state index contributed by atoms with van der Waals surface area (Å²) >= 11 is 1.63. The van der Waals surface area contributed by atoms with Crippen LogP contribution in [0.4, 0.5) is 11.4 Å². The first-order valence-electron chi connectivity index (χ1n) is 8.49. The Labute approximate surface area is 163 Å². The van der Waals surface area contributed by atoms with E-state index >= 15 is 0 Å². The number of hydrogen-bond donors (Lipinski definition) is 2. The Morgan fingerprint density at radius 1 is 0.778 bits per heavy atom. The summed E-state index contributed by atoms with van der Waals surface area (Å²) in [6.45, 7) is 1.91. The Hall–Kier alpha value is -3.05. The van der Waals surface area contributed by atoms with Crippen LogP contribution in [0.25, 0.3) is 0 Å². The summed E-state index contributed by atoms with van der Waals surface area (Å²) in [7, 11) is 0. The van der Waals surface area contributed by atoms with Crippen molar-refractivity contribution in [3.8, 4) is 0 Å². The quantitative estimate of drug-likeness (QED) is 0.600. The van der Waals surface area contributed by atoms with Gasteiger partial charge in [-0.05, 0) is 67.3 Å². The normalized spacial score (nSPS) is 10.3. The molecule has 0 aromatic heterocycles. The number of aryl methyl sites for hydroxylation is 1. The molecule has 0 heterocycles. The van der Waals surface area contributed by atoms with Crippen LogP contribution in [0.15, 0.2) is 77.7 Å². The molecule has 0 aliphatic carbocycles. The second-order valence-corrected chi connectivity index (χ2v) is 6.91. The van der Waals surface area contributed by atoms with Gasteiger partial charge in [0.25, 0.3) is 11.8 Å². The summed E-state index contributed by atoms with van der Waals surface area (Å²) in [5, 5.41) is 5.78. The fourth-order valence-corrected chi connectivity index (χ4v) is 2.97. The number of carbonyl (C=O) groups excluding carboxylic acids is 2. The average molecular weight is 376 g/mol. The van der Waals surface area contributed by atoms with E-state index in [1.54, 1.807) is 42.1 Å².